The van der Waals surface area contributed by atoms with Crippen LogP contribution in [0.3, 0.4) is 0 Å². The predicted molar refractivity (Wildman–Crippen MR) is 104 cm³/mol. The van der Waals surface area contributed by atoms with Crippen LogP contribution in [-0.4, -0.2) is 55.0 Å². The average Bonchev–Trinajstić information content (AvgIpc) is 3.02. The molecule has 1 fully saturated rings. The molecule has 0 saturated heterocycles. The Labute approximate surface area is 153 Å². The Morgan fingerprint density at radius 1 is 1.38 bits per heavy atom. The molecule has 2 aromatic rings. The van der Waals surface area contributed by atoms with Gasteiger partial charge in [0, 0.05) is 41.7 Å². The number of sulfonamides is 1. The quantitative estimate of drug-likeness (QED) is 0.668. The summed E-state index contributed by atoms with van der Waals surface area (Å²) >= 11 is 0. The second-order valence-electron chi connectivity index (χ2n) is 7.20. The van der Waals surface area contributed by atoms with E-state index < -0.39 is 17.1 Å². The van der Waals surface area contributed by atoms with Crippen molar-refractivity contribution >= 4 is 39.2 Å². The number of hydrogen-bond donors (Lipinski definition) is 3. The van der Waals surface area contributed by atoms with Crippen LogP contribution in [0.1, 0.15) is 31.7 Å². The fraction of sp³-hybridized carbons (Fsp3) is 0.471. The van der Waals surface area contributed by atoms with Gasteiger partial charge in [0.2, 0.25) is 10.0 Å². The molecule has 4 rings (SSSR count). The number of fused-ring (bicyclic) bond motifs is 3. The molecule has 2 aliphatic rings. The molecule has 7 nitrogen and oxygen atoms in total. The number of rotatable bonds is 5. The van der Waals surface area contributed by atoms with Gasteiger partial charge in [-0.05, 0) is 36.9 Å². The van der Waals surface area contributed by atoms with Crippen molar-refractivity contribution in [3.63, 3.8) is 0 Å². The number of aromatic amines is 1. The van der Waals surface area contributed by atoms with Crippen LogP contribution in [0.25, 0.3) is 10.9 Å². The number of hydrogen-bond acceptors (Lipinski definition) is 5. The largest absolute Gasteiger partial charge is 0.466 e. The maximum atomic E-state index is 12.0. The lowest BCUT2D eigenvalue weighted by Crippen LogP contribution is -2.54. The van der Waals surface area contributed by atoms with Gasteiger partial charge in [-0.2, -0.15) is 5.10 Å². The molecular weight excluding hydrogens is 351 g/mol. The van der Waals surface area contributed by atoms with Crippen molar-refractivity contribution in [2.45, 2.75) is 32.2 Å². The summed E-state index contributed by atoms with van der Waals surface area (Å²) in [4.78, 5) is 4.78. The minimum atomic E-state index is -3.20. The molecule has 9 heteroatoms. The van der Waals surface area contributed by atoms with Crippen LogP contribution < -0.4 is 10.2 Å². The van der Waals surface area contributed by atoms with E-state index in [2.05, 4.69) is 14.8 Å². The monoisotopic (exact) mass is 374 g/mol. The molecular formula is C17H23BN4O3S. The van der Waals surface area contributed by atoms with Crippen LogP contribution in [0.2, 0.25) is 0 Å². The molecule has 3 N–H and O–H groups in total. The van der Waals surface area contributed by atoms with Gasteiger partial charge in [0.05, 0.1) is 11.5 Å². The van der Waals surface area contributed by atoms with Crippen molar-refractivity contribution in [3.8, 4) is 0 Å². The van der Waals surface area contributed by atoms with Crippen molar-refractivity contribution in [2.75, 3.05) is 12.8 Å². The van der Waals surface area contributed by atoms with E-state index >= 15 is 0 Å². The average molecular weight is 374 g/mol. The van der Waals surface area contributed by atoms with Gasteiger partial charge < -0.3 is 14.9 Å². The van der Waals surface area contributed by atoms with E-state index in [0.29, 0.717) is 6.42 Å². The number of nitrogens with one attached hydrogen (secondary N) is 2. The summed E-state index contributed by atoms with van der Waals surface area (Å²) in [5.41, 5.74) is 3.77. The molecule has 1 aromatic heterocycles. The molecule has 1 aliphatic carbocycles. The fourth-order valence-corrected chi connectivity index (χ4v) is 5.29. The Hall–Kier alpha value is -1.84. The van der Waals surface area contributed by atoms with Gasteiger partial charge in [0.1, 0.15) is 0 Å². The molecule has 1 saturated carbocycles. The van der Waals surface area contributed by atoms with Crippen LogP contribution in [-0.2, 0) is 10.0 Å². The summed E-state index contributed by atoms with van der Waals surface area (Å²) in [7, 11) is -2.21. The van der Waals surface area contributed by atoms with Crippen LogP contribution in [0, 0.1) is 5.92 Å². The molecule has 26 heavy (non-hydrogen) atoms. The minimum Gasteiger partial charge on any atom is -0.428 e. The molecule has 138 valence electrons. The molecule has 1 aromatic carbocycles. The highest BCUT2D eigenvalue weighted by Gasteiger charge is 2.41. The van der Waals surface area contributed by atoms with E-state index in [1.54, 1.807) is 12.0 Å². The van der Waals surface area contributed by atoms with Crippen molar-refractivity contribution in [3.05, 3.63) is 30.0 Å². The van der Waals surface area contributed by atoms with Crippen molar-refractivity contribution in [2.24, 2.45) is 11.0 Å². The Morgan fingerprint density at radius 3 is 2.88 bits per heavy atom. The molecule has 0 radical (unpaired) electrons. The van der Waals surface area contributed by atoms with Gasteiger partial charge in [-0.25, -0.2) is 13.1 Å². The van der Waals surface area contributed by atoms with Crippen LogP contribution in [0.4, 0.5) is 0 Å². The number of benzene rings is 1. The maximum Gasteiger partial charge on any atom is 0.466 e. The zero-order valence-electron chi connectivity index (χ0n) is 14.9. The lowest BCUT2D eigenvalue weighted by atomic mass is 9.65. The SMILES string of the molecule is CCCS(=O)(=O)NC1CC(C2=NN(C)B(O)c3ccc4[nH]ccc4c32)C1. The fourth-order valence-electron chi connectivity index (χ4n) is 3.93. The van der Waals surface area contributed by atoms with Crippen LogP contribution in [0.5, 0.6) is 0 Å². The van der Waals surface area contributed by atoms with Crippen molar-refractivity contribution < 1.29 is 13.4 Å². The molecule has 0 unspecified atom stereocenters. The molecule has 0 amide bonds. The van der Waals surface area contributed by atoms with Gasteiger partial charge in [-0.3, -0.25) is 0 Å². The first kappa shape index (κ1) is 17.6. The standard InChI is InChI=1S/C17H23BN4O3S/c1-3-8-26(24,25)21-12-9-11(10-12)17-16-13-6-7-19-15(13)5-4-14(16)18(23)22(2)20-17/h4-7,11-12,19,21,23H,3,8-10H2,1-2H3. The highest BCUT2D eigenvalue weighted by Crippen LogP contribution is 2.34. The van der Waals surface area contributed by atoms with Crippen molar-refractivity contribution in [1.82, 2.24) is 14.6 Å². The van der Waals surface area contributed by atoms with Gasteiger partial charge >= 0.3 is 7.05 Å². The highest BCUT2D eigenvalue weighted by molar-refractivity contribution is 7.89. The first-order chi connectivity index (χ1) is 12.4. The zero-order chi connectivity index (χ0) is 18.5. The molecule has 1 aliphatic heterocycles. The topological polar surface area (TPSA) is 97.8 Å². The second kappa shape index (κ2) is 6.40. The molecule has 2 heterocycles. The smallest absolute Gasteiger partial charge is 0.428 e. The number of aromatic nitrogens is 1. The highest BCUT2D eigenvalue weighted by atomic mass is 32.2. The van der Waals surface area contributed by atoms with Crippen LogP contribution in [0.15, 0.2) is 29.5 Å². The Morgan fingerprint density at radius 2 is 2.15 bits per heavy atom. The van der Waals surface area contributed by atoms with Gasteiger partial charge in [0.25, 0.3) is 0 Å². The third-order valence-corrected chi connectivity index (χ3v) is 6.90. The summed E-state index contributed by atoms with van der Waals surface area (Å²) < 4.78 is 26.7. The first-order valence-corrected chi connectivity index (χ1v) is 10.6. The summed E-state index contributed by atoms with van der Waals surface area (Å²) in [5.74, 6) is 0.343. The predicted octanol–water partition coefficient (Wildman–Crippen LogP) is 0.613. The molecule has 0 atom stereocenters. The first-order valence-electron chi connectivity index (χ1n) is 8.99. The maximum absolute atomic E-state index is 12.0. The van der Waals surface area contributed by atoms with Crippen molar-refractivity contribution in [1.29, 1.82) is 0 Å². The third-order valence-electron chi connectivity index (χ3n) is 5.26. The normalized spacial score (nSPS) is 23.0. The third kappa shape index (κ3) is 2.93. The number of hydrazone groups is 1. The second-order valence-corrected chi connectivity index (χ2v) is 9.08. The van der Waals surface area contributed by atoms with E-state index in [0.717, 1.165) is 40.5 Å². The van der Waals surface area contributed by atoms with E-state index in [1.165, 1.54) is 0 Å². The molecule has 0 bridgehead atoms. The Balaban J connectivity index is 1.61. The van der Waals surface area contributed by atoms with Gasteiger partial charge in [0.15, 0.2) is 0 Å². The van der Waals surface area contributed by atoms with Crippen LogP contribution >= 0.6 is 0 Å². The summed E-state index contributed by atoms with van der Waals surface area (Å²) in [6.07, 6.45) is 3.95. The minimum absolute atomic E-state index is 0.0368. The number of nitrogens with zero attached hydrogens (tertiary/aromatic N) is 2. The number of H-pyrrole nitrogens is 1. The Kier molecular flexibility index (Phi) is 4.33. The lowest BCUT2D eigenvalue weighted by Gasteiger charge is -2.39. The van der Waals surface area contributed by atoms with E-state index in [9.17, 15) is 13.4 Å². The summed E-state index contributed by atoms with van der Waals surface area (Å²) in [6, 6.07) is 5.87. The van der Waals surface area contributed by atoms with E-state index in [-0.39, 0.29) is 17.7 Å². The zero-order valence-corrected chi connectivity index (χ0v) is 15.8. The van der Waals surface area contributed by atoms with E-state index in [4.69, 9.17) is 0 Å². The summed E-state index contributed by atoms with van der Waals surface area (Å²) in [5, 5.41) is 16.2. The lowest BCUT2D eigenvalue weighted by molar-refractivity contribution is 0.315. The van der Waals surface area contributed by atoms with Gasteiger partial charge in [-0.15, -0.1) is 0 Å². The van der Waals surface area contributed by atoms with Gasteiger partial charge in [-0.1, -0.05) is 13.0 Å². The summed E-state index contributed by atoms with van der Waals surface area (Å²) in [6.45, 7) is 1.86. The van der Waals surface area contributed by atoms with E-state index in [1.807, 2.05) is 31.3 Å². The molecule has 0 spiro atoms. The Bertz CT molecular complexity index is 966.